The third-order valence-electron chi connectivity index (χ3n) is 6.23. The van der Waals surface area contributed by atoms with Crippen LogP contribution in [0.4, 0.5) is 10.2 Å². The Morgan fingerprint density at radius 1 is 1.09 bits per heavy atom. The van der Waals surface area contributed by atoms with E-state index in [1.165, 1.54) is 14.9 Å². The first-order valence-corrected chi connectivity index (χ1v) is 13.1. The maximum absolute atomic E-state index is 13.9. The predicted octanol–water partition coefficient (Wildman–Crippen LogP) is 3.22. The first-order chi connectivity index (χ1) is 15.7. The fraction of sp³-hybridized carbons (Fsp3) is 0.360. The molecular formula is C25H30FN3O3Si. The topological polar surface area (TPSA) is 79.4 Å². The number of anilines is 1. The largest absolute Gasteiger partial charge is 0.405 e. The summed E-state index contributed by atoms with van der Waals surface area (Å²) < 4.78 is 28.1. The molecule has 1 saturated heterocycles. The summed E-state index contributed by atoms with van der Waals surface area (Å²) in [5.41, 5.74) is 4.79. The van der Waals surface area contributed by atoms with Crippen molar-refractivity contribution in [1.82, 2.24) is 9.55 Å². The van der Waals surface area contributed by atoms with Crippen LogP contribution in [0, 0.1) is 5.82 Å². The Kier molecular flexibility index (Phi) is 6.51. The molecule has 0 saturated carbocycles. The molecule has 1 aliphatic rings. The van der Waals surface area contributed by atoms with Crippen molar-refractivity contribution in [1.29, 1.82) is 0 Å². The lowest BCUT2D eigenvalue weighted by Gasteiger charge is -2.43. The summed E-state index contributed by atoms with van der Waals surface area (Å²) in [4.78, 5) is 15.8. The number of nitrogen functional groups attached to an aromatic ring is 1. The number of nitrogens with zero attached hydrogens (tertiary/aromatic N) is 2. The average Bonchev–Trinajstić information content (AvgIpc) is 3.26. The lowest BCUT2D eigenvalue weighted by Crippen LogP contribution is -2.67. The standard InChI is InChI=1S/C25H30FN3O3Si/c1-25(2,3)33(19-10-6-4-7-11-19,20-12-8-5-9-13-20)31-17-18-14-15-22(32-18)29-16-21(26)23(27)28-24(29)30/h4-13,16,18,22H,14-15,17H2,1-3H3,(H2,27,28,30)/t18-,22+/m0/s1. The molecule has 0 aliphatic carbocycles. The van der Waals surface area contributed by atoms with Crippen LogP contribution in [0.15, 0.2) is 71.7 Å². The molecule has 2 aromatic carbocycles. The number of halogens is 1. The monoisotopic (exact) mass is 467 g/mol. The zero-order chi connectivity index (χ0) is 23.6. The molecule has 0 unspecified atom stereocenters. The van der Waals surface area contributed by atoms with Gasteiger partial charge in [-0.25, -0.2) is 9.18 Å². The molecule has 4 rings (SSSR count). The number of hydrogen-bond acceptors (Lipinski definition) is 5. The van der Waals surface area contributed by atoms with Gasteiger partial charge in [0.05, 0.1) is 18.9 Å². The number of aromatic nitrogens is 2. The minimum Gasteiger partial charge on any atom is -0.405 e. The van der Waals surface area contributed by atoms with Gasteiger partial charge in [-0.3, -0.25) is 4.57 Å². The summed E-state index contributed by atoms with van der Waals surface area (Å²) in [6.07, 6.45) is 1.53. The van der Waals surface area contributed by atoms with E-state index in [9.17, 15) is 9.18 Å². The number of rotatable bonds is 6. The molecule has 1 aliphatic heterocycles. The van der Waals surface area contributed by atoms with Gasteiger partial charge in [-0.15, -0.1) is 0 Å². The highest BCUT2D eigenvalue weighted by atomic mass is 28.4. The van der Waals surface area contributed by atoms with Crippen molar-refractivity contribution >= 4 is 24.5 Å². The van der Waals surface area contributed by atoms with E-state index in [4.69, 9.17) is 14.9 Å². The maximum Gasteiger partial charge on any atom is 0.351 e. The minimum absolute atomic E-state index is 0.144. The molecule has 0 spiro atoms. The van der Waals surface area contributed by atoms with Crippen molar-refractivity contribution in [2.24, 2.45) is 0 Å². The molecule has 174 valence electrons. The van der Waals surface area contributed by atoms with Gasteiger partial charge in [0.2, 0.25) is 0 Å². The van der Waals surface area contributed by atoms with E-state index in [-0.39, 0.29) is 11.1 Å². The quantitative estimate of drug-likeness (QED) is 0.563. The summed E-state index contributed by atoms with van der Waals surface area (Å²) in [5.74, 6) is -1.13. The van der Waals surface area contributed by atoms with E-state index in [2.05, 4.69) is 50.0 Å². The van der Waals surface area contributed by atoms with Crippen molar-refractivity contribution in [3.05, 3.63) is 83.2 Å². The van der Waals surface area contributed by atoms with Crippen molar-refractivity contribution in [3.8, 4) is 0 Å². The summed E-state index contributed by atoms with van der Waals surface area (Å²) in [6, 6.07) is 20.8. The molecule has 0 radical (unpaired) electrons. The van der Waals surface area contributed by atoms with Gasteiger partial charge < -0.3 is 14.9 Å². The summed E-state index contributed by atoms with van der Waals surface area (Å²) in [5, 5.41) is 2.24. The highest BCUT2D eigenvalue weighted by Crippen LogP contribution is 2.38. The first kappa shape index (κ1) is 23.3. The maximum atomic E-state index is 13.9. The van der Waals surface area contributed by atoms with Gasteiger partial charge in [-0.2, -0.15) is 4.98 Å². The summed E-state index contributed by atoms with van der Waals surface area (Å²) >= 11 is 0. The van der Waals surface area contributed by atoms with Gasteiger partial charge in [-0.1, -0.05) is 81.4 Å². The van der Waals surface area contributed by atoms with Gasteiger partial charge in [0.25, 0.3) is 8.32 Å². The molecule has 6 nitrogen and oxygen atoms in total. The van der Waals surface area contributed by atoms with Gasteiger partial charge in [0, 0.05) is 0 Å². The van der Waals surface area contributed by atoms with Crippen LogP contribution in [0.3, 0.4) is 0 Å². The van der Waals surface area contributed by atoms with Crippen LogP contribution >= 0.6 is 0 Å². The molecule has 1 fully saturated rings. The Morgan fingerprint density at radius 3 is 2.21 bits per heavy atom. The number of hydrogen-bond donors (Lipinski definition) is 1. The Balaban J connectivity index is 1.61. The highest BCUT2D eigenvalue weighted by molar-refractivity contribution is 6.99. The van der Waals surface area contributed by atoms with Gasteiger partial charge in [-0.05, 0) is 28.3 Å². The smallest absolute Gasteiger partial charge is 0.351 e. The molecule has 3 aromatic rings. The van der Waals surface area contributed by atoms with E-state index < -0.39 is 31.9 Å². The minimum atomic E-state index is -2.68. The molecular weight excluding hydrogens is 437 g/mol. The van der Waals surface area contributed by atoms with Crippen LogP contribution in [0.25, 0.3) is 0 Å². The molecule has 2 atom stereocenters. The zero-order valence-corrected chi connectivity index (χ0v) is 20.2. The molecule has 33 heavy (non-hydrogen) atoms. The summed E-state index contributed by atoms with van der Waals surface area (Å²) in [6.45, 7) is 7.04. The number of nitrogens with two attached hydrogens (primary N) is 1. The third-order valence-corrected chi connectivity index (χ3v) is 11.2. The lowest BCUT2D eigenvalue weighted by atomic mass is 10.2. The Bertz CT molecular complexity index is 1110. The van der Waals surface area contributed by atoms with Crippen LogP contribution in [0.1, 0.15) is 39.8 Å². The average molecular weight is 468 g/mol. The molecule has 1 aromatic heterocycles. The second-order valence-corrected chi connectivity index (χ2v) is 13.7. The Labute approximate surface area is 194 Å². The van der Waals surface area contributed by atoms with E-state index in [1.807, 2.05) is 36.4 Å². The normalized spacial score (nSPS) is 19.0. The fourth-order valence-corrected chi connectivity index (χ4v) is 9.25. The number of ether oxygens (including phenoxy) is 1. The van der Waals surface area contributed by atoms with Crippen molar-refractivity contribution < 1.29 is 13.6 Å². The van der Waals surface area contributed by atoms with Crippen LogP contribution in [0.2, 0.25) is 5.04 Å². The van der Waals surface area contributed by atoms with E-state index in [0.29, 0.717) is 19.4 Å². The predicted molar refractivity (Wildman–Crippen MR) is 130 cm³/mol. The Hall–Kier alpha value is -2.81. The zero-order valence-electron chi connectivity index (χ0n) is 19.2. The fourth-order valence-electron chi connectivity index (χ4n) is 4.66. The van der Waals surface area contributed by atoms with Crippen LogP contribution in [-0.4, -0.2) is 30.6 Å². The first-order valence-electron chi connectivity index (χ1n) is 11.2. The molecule has 2 heterocycles. The SMILES string of the molecule is CC(C)(C)[Si](OC[C@@H]1CC[C@H](n2cc(F)c(N)nc2=O)O1)(c1ccccc1)c1ccccc1. The van der Waals surface area contributed by atoms with Crippen LogP contribution in [-0.2, 0) is 9.16 Å². The van der Waals surface area contributed by atoms with E-state index in [0.717, 1.165) is 6.20 Å². The van der Waals surface area contributed by atoms with Crippen molar-refractivity contribution in [2.45, 2.75) is 51.0 Å². The summed E-state index contributed by atoms with van der Waals surface area (Å²) in [7, 11) is -2.68. The van der Waals surface area contributed by atoms with Crippen molar-refractivity contribution in [2.75, 3.05) is 12.3 Å². The molecule has 0 amide bonds. The van der Waals surface area contributed by atoms with Crippen LogP contribution in [0.5, 0.6) is 0 Å². The number of benzene rings is 2. The van der Waals surface area contributed by atoms with E-state index >= 15 is 0 Å². The third kappa shape index (κ3) is 4.51. The molecule has 0 bridgehead atoms. The molecule has 2 N–H and O–H groups in total. The van der Waals surface area contributed by atoms with E-state index in [1.54, 1.807) is 0 Å². The second kappa shape index (κ2) is 9.21. The Morgan fingerprint density at radius 2 is 1.67 bits per heavy atom. The van der Waals surface area contributed by atoms with Gasteiger partial charge >= 0.3 is 5.69 Å². The van der Waals surface area contributed by atoms with Crippen molar-refractivity contribution in [3.63, 3.8) is 0 Å². The van der Waals surface area contributed by atoms with Crippen LogP contribution < -0.4 is 21.8 Å². The second-order valence-electron chi connectivity index (χ2n) is 9.43. The van der Waals surface area contributed by atoms with Gasteiger partial charge in [0.15, 0.2) is 11.6 Å². The molecule has 8 heteroatoms. The highest BCUT2D eigenvalue weighted by Gasteiger charge is 2.50. The van der Waals surface area contributed by atoms with Gasteiger partial charge in [0.1, 0.15) is 6.23 Å². The lowest BCUT2D eigenvalue weighted by molar-refractivity contribution is -0.0219.